The van der Waals surface area contributed by atoms with Gasteiger partial charge in [0.05, 0.1) is 6.07 Å². The molecule has 110 valence electrons. The summed E-state index contributed by atoms with van der Waals surface area (Å²) < 4.78 is 10.6. The zero-order valence-electron chi connectivity index (χ0n) is 11.7. The third-order valence-electron chi connectivity index (χ3n) is 3.82. The molecule has 2 aliphatic rings. The van der Waals surface area contributed by atoms with Gasteiger partial charge in [0.2, 0.25) is 6.79 Å². The summed E-state index contributed by atoms with van der Waals surface area (Å²) in [5.41, 5.74) is 0.629. The molecule has 0 spiro atoms. The Morgan fingerprint density at radius 2 is 1.95 bits per heavy atom. The van der Waals surface area contributed by atoms with Gasteiger partial charge in [-0.25, -0.2) is 0 Å². The van der Waals surface area contributed by atoms with Crippen LogP contribution in [-0.2, 0) is 0 Å². The number of nitrogens with zero attached hydrogens (tertiary/aromatic N) is 3. The van der Waals surface area contributed by atoms with Crippen LogP contribution in [-0.4, -0.2) is 55.2 Å². The van der Waals surface area contributed by atoms with Crippen molar-refractivity contribution in [2.45, 2.75) is 6.42 Å². The van der Waals surface area contributed by atoms with E-state index in [1.165, 1.54) is 0 Å². The summed E-state index contributed by atoms with van der Waals surface area (Å²) in [5, 5.41) is 8.60. The molecule has 1 saturated heterocycles. The second kappa shape index (κ2) is 6.02. The number of amides is 1. The molecule has 2 aliphatic heterocycles. The number of hydrogen-bond donors (Lipinski definition) is 0. The molecule has 0 saturated carbocycles. The maximum absolute atomic E-state index is 12.5. The molecule has 3 rings (SSSR count). The molecule has 1 fully saturated rings. The molecular formula is C15H17N3O3. The first-order valence-electron chi connectivity index (χ1n) is 7.06. The topological polar surface area (TPSA) is 65.8 Å². The smallest absolute Gasteiger partial charge is 0.254 e. The third-order valence-corrected chi connectivity index (χ3v) is 3.82. The molecule has 0 radical (unpaired) electrons. The number of fused-ring (bicyclic) bond motifs is 1. The normalized spacial score (nSPS) is 17.6. The van der Waals surface area contributed by atoms with Gasteiger partial charge in [-0.15, -0.1) is 0 Å². The van der Waals surface area contributed by atoms with Crippen molar-refractivity contribution >= 4 is 5.91 Å². The lowest BCUT2D eigenvalue weighted by Crippen LogP contribution is -2.48. The fourth-order valence-electron chi connectivity index (χ4n) is 2.59. The minimum atomic E-state index is 0.0215. The van der Waals surface area contributed by atoms with Crippen LogP contribution in [0.5, 0.6) is 11.5 Å². The van der Waals surface area contributed by atoms with Gasteiger partial charge in [0, 0.05) is 44.7 Å². The molecule has 0 bridgehead atoms. The van der Waals surface area contributed by atoms with Crippen LogP contribution in [0.25, 0.3) is 0 Å². The van der Waals surface area contributed by atoms with Crippen molar-refractivity contribution in [3.63, 3.8) is 0 Å². The molecule has 2 heterocycles. The Balaban J connectivity index is 1.60. The summed E-state index contributed by atoms with van der Waals surface area (Å²) >= 11 is 0. The summed E-state index contributed by atoms with van der Waals surface area (Å²) in [4.78, 5) is 16.5. The number of carbonyl (C=O) groups is 1. The Morgan fingerprint density at radius 3 is 2.71 bits per heavy atom. The lowest BCUT2D eigenvalue weighted by atomic mass is 10.1. The van der Waals surface area contributed by atoms with Gasteiger partial charge < -0.3 is 14.4 Å². The minimum Gasteiger partial charge on any atom is -0.454 e. The molecule has 21 heavy (non-hydrogen) atoms. The van der Waals surface area contributed by atoms with E-state index in [1.807, 2.05) is 4.90 Å². The zero-order chi connectivity index (χ0) is 14.7. The van der Waals surface area contributed by atoms with Gasteiger partial charge in [-0.05, 0) is 18.2 Å². The number of benzene rings is 1. The zero-order valence-corrected chi connectivity index (χ0v) is 11.7. The minimum absolute atomic E-state index is 0.0215. The predicted octanol–water partition coefficient (Wildman–Crippen LogP) is 1.09. The van der Waals surface area contributed by atoms with Gasteiger partial charge in [0.1, 0.15) is 0 Å². The van der Waals surface area contributed by atoms with Gasteiger partial charge in [-0.3, -0.25) is 9.69 Å². The van der Waals surface area contributed by atoms with Gasteiger partial charge in [-0.1, -0.05) is 0 Å². The van der Waals surface area contributed by atoms with Crippen LogP contribution < -0.4 is 9.47 Å². The van der Waals surface area contributed by atoms with Gasteiger partial charge in [0.25, 0.3) is 5.91 Å². The Morgan fingerprint density at radius 1 is 1.19 bits per heavy atom. The quantitative estimate of drug-likeness (QED) is 0.832. The van der Waals surface area contributed by atoms with E-state index in [1.54, 1.807) is 18.2 Å². The first-order valence-corrected chi connectivity index (χ1v) is 7.06. The highest BCUT2D eigenvalue weighted by atomic mass is 16.7. The number of rotatable bonds is 3. The Hall–Kier alpha value is -2.26. The first kappa shape index (κ1) is 13.7. The maximum atomic E-state index is 12.5. The van der Waals surface area contributed by atoms with E-state index >= 15 is 0 Å². The van der Waals surface area contributed by atoms with E-state index in [0.29, 0.717) is 36.6 Å². The number of ether oxygens (including phenoxy) is 2. The van der Waals surface area contributed by atoms with Crippen LogP contribution in [0.1, 0.15) is 16.8 Å². The second-order valence-electron chi connectivity index (χ2n) is 5.11. The second-order valence-corrected chi connectivity index (χ2v) is 5.11. The van der Waals surface area contributed by atoms with Crippen LogP contribution in [0.3, 0.4) is 0 Å². The van der Waals surface area contributed by atoms with E-state index in [0.717, 1.165) is 19.6 Å². The molecule has 0 aromatic heterocycles. The first-order chi connectivity index (χ1) is 10.3. The summed E-state index contributed by atoms with van der Waals surface area (Å²) in [6, 6.07) is 7.45. The maximum Gasteiger partial charge on any atom is 0.254 e. The third kappa shape index (κ3) is 2.93. The van der Waals surface area contributed by atoms with Crippen LogP contribution in [0.4, 0.5) is 0 Å². The number of piperazine rings is 1. The Kier molecular flexibility index (Phi) is 3.93. The van der Waals surface area contributed by atoms with Gasteiger partial charge in [0.15, 0.2) is 11.5 Å². The lowest BCUT2D eigenvalue weighted by Gasteiger charge is -2.34. The molecular weight excluding hydrogens is 270 g/mol. The summed E-state index contributed by atoms with van der Waals surface area (Å²) in [7, 11) is 0. The van der Waals surface area contributed by atoms with Crippen molar-refractivity contribution in [3.8, 4) is 17.6 Å². The van der Waals surface area contributed by atoms with Crippen molar-refractivity contribution in [1.82, 2.24) is 9.80 Å². The molecule has 0 atom stereocenters. The average Bonchev–Trinajstić information content (AvgIpc) is 3.00. The van der Waals surface area contributed by atoms with Crippen molar-refractivity contribution in [3.05, 3.63) is 23.8 Å². The van der Waals surface area contributed by atoms with Crippen LogP contribution in [0.15, 0.2) is 18.2 Å². The molecule has 1 amide bonds. The monoisotopic (exact) mass is 287 g/mol. The highest BCUT2D eigenvalue weighted by molar-refractivity contribution is 5.95. The van der Waals surface area contributed by atoms with E-state index in [9.17, 15) is 4.79 Å². The average molecular weight is 287 g/mol. The van der Waals surface area contributed by atoms with E-state index in [4.69, 9.17) is 14.7 Å². The van der Waals surface area contributed by atoms with Crippen molar-refractivity contribution in [2.75, 3.05) is 39.5 Å². The van der Waals surface area contributed by atoms with Crippen LogP contribution in [0, 0.1) is 11.3 Å². The molecule has 6 heteroatoms. The van der Waals surface area contributed by atoms with Gasteiger partial charge >= 0.3 is 0 Å². The van der Waals surface area contributed by atoms with E-state index < -0.39 is 0 Å². The molecule has 1 aromatic rings. The fraction of sp³-hybridized carbons (Fsp3) is 0.467. The van der Waals surface area contributed by atoms with Crippen molar-refractivity contribution in [1.29, 1.82) is 5.26 Å². The van der Waals surface area contributed by atoms with E-state index in [2.05, 4.69) is 11.0 Å². The summed E-state index contributed by atoms with van der Waals surface area (Å²) in [6.45, 7) is 4.01. The Bertz CT molecular complexity index is 574. The van der Waals surface area contributed by atoms with Crippen LogP contribution >= 0.6 is 0 Å². The van der Waals surface area contributed by atoms with E-state index in [-0.39, 0.29) is 12.7 Å². The van der Waals surface area contributed by atoms with Crippen LogP contribution in [0.2, 0.25) is 0 Å². The number of nitriles is 1. The Labute approximate surface area is 123 Å². The van der Waals surface area contributed by atoms with Gasteiger partial charge in [-0.2, -0.15) is 5.26 Å². The lowest BCUT2D eigenvalue weighted by molar-refractivity contribution is 0.0639. The largest absolute Gasteiger partial charge is 0.454 e. The predicted molar refractivity (Wildman–Crippen MR) is 75.1 cm³/mol. The standard InChI is InChI=1S/C15H17N3O3/c16-4-1-5-17-6-8-18(9-7-17)15(19)12-2-3-13-14(10-12)21-11-20-13/h2-3,10H,1,5-9,11H2. The number of hydrogen-bond acceptors (Lipinski definition) is 5. The SMILES string of the molecule is N#CCCN1CCN(C(=O)c2ccc3c(c2)OCO3)CC1. The molecule has 0 aliphatic carbocycles. The molecule has 0 N–H and O–H groups in total. The number of carbonyl (C=O) groups excluding carboxylic acids is 1. The highest BCUT2D eigenvalue weighted by Gasteiger charge is 2.23. The summed E-state index contributed by atoms with van der Waals surface area (Å²) in [5.74, 6) is 1.34. The van der Waals surface area contributed by atoms with Crippen molar-refractivity contribution < 1.29 is 14.3 Å². The fourth-order valence-corrected chi connectivity index (χ4v) is 2.59. The highest BCUT2D eigenvalue weighted by Crippen LogP contribution is 2.32. The molecule has 1 aromatic carbocycles. The molecule has 0 unspecified atom stereocenters. The van der Waals surface area contributed by atoms with Crippen molar-refractivity contribution in [2.24, 2.45) is 0 Å². The summed E-state index contributed by atoms with van der Waals surface area (Å²) in [6.07, 6.45) is 0.538. The molecule has 6 nitrogen and oxygen atoms in total.